The molecule has 1 rings (SSSR count). The van der Waals surface area contributed by atoms with E-state index in [1.54, 1.807) is 6.92 Å². The highest BCUT2D eigenvalue weighted by Gasteiger charge is 2.13. The number of hydrogen-bond acceptors (Lipinski definition) is 4. The number of aliphatic hydroxyl groups is 1. The Morgan fingerprint density at radius 1 is 1.38 bits per heavy atom. The van der Waals surface area contributed by atoms with Crippen LogP contribution in [0.4, 0.5) is 5.82 Å². The largest absolute Gasteiger partial charge is 0.393 e. The molecule has 1 atom stereocenters. The van der Waals surface area contributed by atoms with Gasteiger partial charge in [-0.15, -0.1) is 0 Å². The molecule has 2 N–H and O–H groups in total. The summed E-state index contributed by atoms with van der Waals surface area (Å²) in [6.07, 6.45) is 1.81. The van der Waals surface area contributed by atoms with Crippen LogP contribution in [0.1, 0.15) is 38.7 Å². The topological polar surface area (TPSA) is 58.0 Å². The van der Waals surface area contributed by atoms with Crippen LogP contribution < -0.4 is 5.32 Å². The summed E-state index contributed by atoms with van der Waals surface area (Å²) in [6, 6.07) is 0. The first-order valence-corrected chi connectivity index (χ1v) is 5.82. The molecular weight excluding hydrogens is 226 g/mol. The number of nitrogens with zero attached hydrogens (tertiary/aromatic N) is 2. The lowest BCUT2D eigenvalue weighted by Crippen LogP contribution is -2.12. The van der Waals surface area contributed by atoms with E-state index >= 15 is 0 Å². The third-order valence-corrected chi connectivity index (χ3v) is 2.57. The van der Waals surface area contributed by atoms with Gasteiger partial charge in [-0.25, -0.2) is 9.97 Å². The molecule has 0 saturated carbocycles. The second kappa shape index (κ2) is 6.01. The highest BCUT2D eigenvalue weighted by atomic mass is 35.5. The molecule has 0 bridgehead atoms. The van der Waals surface area contributed by atoms with Gasteiger partial charge in [-0.05, 0) is 19.3 Å². The molecule has 0 aromatic carbocycles. The summed E-state index contributed by atoms with van der Waals surface area (Å²) in [5.74, 6) is 1.03. The van der Waals surface area contributed by atoms with E-state index in [4.69, 9.17) is 16.7 Å². The van der Waals surface area contributed by atoms with Crippen molar-refractivity contribution in [2.24, 2.45) is 0 Å². The predicted molar refractivity (Wildman–Crippen MR) is 65.9 cm³/mol. The molecule has 90 valence electrons. The van der Waals surface area contributed by atoms with Crippen molar-refractivity contribution in [3.8, 4) is 0 Å². The van der Waals surface area contributed by atoms with Crippen LogP contribution in [0, 0.1) is 0 Å². The average Bonchev–Trinajstić information content (AvgIpc) is 2.16. The fraction of sp³-hybridized carbons (Fsp3) is 0.636. The standard InChI is InChI=1S/C11H18ClN3O/c1-7(2)9-10(12)14-6-15-11(9)13-5-4-8(3)16/h6-8,16H,4-5H2,1-3H3,(H,13,14,15). The van der Waals surface area contributed by atoms with Crippen molar-refractivity contribution in [2.75, 3.05) is 11.9 Å². The Kier molecular flexibility index (Phi) is 4.96. The van der Waals surface area contributed by atoms with Crippen molar-refractivity contribution in [1.82, 2.24) is 9.97 Å². The van der Waals surface area contributed by atoms with Gasteiger partial charge in [0, 0.05) is 12.1 Å². The number of rotatable bonds is 5. The molecule has 1 unspecified atom stereocenters. The van der Waals surface area contributed by atoms with Gasteiger partial charge in [-0.2, -0.15) is 0 Å². The third kappa shape index (κ3) is 3.61. The fourth-order valence-corrected chi connectivity index (χ4v) is 1.78. The molecule has 0 amide bonds. The Morgan fingerprint density at radius 3 is 2.62 bits per heavy atom. The first-order valence-electron chi connectivity index (χ1n) is 5.44. The number of hydrogen-bond donors (Lipinski definition) is 2. The number of nitrogens with one attached hydrogen (secondary N) is 1. The Balaban J connectivity index is 2.75. The van der Waals surface area contributed by atoms with E-state index in [0.29, 0.717) is 18.1 Å². The van der Waals surface area contributed by atoms with Crippen molar-refractivity contribution < 1.29 is 5.11 Å². The maximum absolute atomic E-state index is 9.16. The van der Waals surface area contributed by atoms with Gasteiger partial charge in [0.25, 0.3) is 0 Å². The summed E-state index contributed by atoms with van der Waals surface area (Å²) in [4.78, 5) is 8.14. The average molecular weight is 244 g/mol. The molecule has 0 spiro atoms. The van der Waals surface area contributed by atoms with E-state index in [-0.39, 0.29) is 12.0 Å². The Morgan fingerprint density at radius 2 is 2.06 bits per heavy atom. The molecule has 0 radical (unpaired) electrons. The monoisotopic (exact) mass is 243 g/mol. The molecule has 5 heteroatoms. The van der Waals surface area contributed by atoms with Gasteiger partial charge in [0.05, 0.1) is 6.10 Å². The minimum absolute atomic E-state index is 0.266. The van der Waals surface area contributed by atoms with Gasteiger partial charge in [0.1, 0.15) is 17.3 Å². The molecular formula is C11H18ClN3O. The molecule has 1 aromatic rings. The molecule has 0 aliphatic rings. The highest BCUT2D eigenvalue weighted by molar-refractivity contribution is 6.30. The van der Waals surface area contributed by atoms with Crippen molar-refractivity contribution >= 4 is 17.4 Å². The summed E-state index contributed by atoms with van der Waals surface area (Å²) in [7, 11) is 0. The molecule has 0 aliphatic heterocycles. The van der Waals surface area contributed by atoms with Gasteiger partial charge >= 0.3 is 0 Å². The lowest BCUT2D eigenvalue weighted by Gasteiger charge is -2.14. The molecule has 1 heterocycles. The summed E-state index contributed by atoms with van der Waals surface area (Å²) in [5.41, 5.74) is 0.926. The zero-order valence-corrected chi connectivity index (χ0v) is 10.6. The van der Waals surface area contributed by atoms with E-state index < -0.39 is 0 Å². The first kappa shape index (κ1) is 13.2. The zero-order valence-electron chi connectivity index (χ0n) is 9.87. The number of anilines is 1. The van der Waals surface area contributed by atoms with E-state index in [0.717, 1.165) is 11.4 Å². The molecule has 1 aromatic heterocycles. The second-order valence-corrected chi connectivity index (χ2v) is 4.50. The zero-order chi connectivity index (χ0) is 12.1. The van der Waals surface area contributed by atoms with Crippen molar-refractivity contribution in [1.29, 1.82) is 0 Å². The lowest BCUT2D eigenvalue weighted by molar-refractivity contribution is 0.188. The van der Waals surface area contributed by atoms with Crippen LogP contribution in [0.25, 0.3) is 0 Å². The van der Waals surface area contributed by atoms with E-state index in [2.05, 4.69) is 15.3 Å². The molecule has 0 fully saturated rings. The quantitative estimate of drug-likeness (QED) is 0.780. The SMILES string of the molecule is CC(O)CCNc1ncnc(Cl)c1C(C)C. The minimum Gasteiger partial charge on any atom is -0.393 e. The van der Waals surface area contributed by atoms with Gasteiger partial charge < -0.3 is 10.4 Å². The highest BCUT2D eigenvalue weighted by Crippen LogP contribution is 2.27. The normalized spacial score (nSPS) is 12.9. The van der Waals surface area contributed by atoms with Crippen molar-refractivity contribution in [2.45, 2.75) is 39.2 Å². The van der Waals surface area contributed by atoms with E-state index in [1.165, 1.54) is 6.33 Å². The third-order valence-electron chi connectivity index (χ3n) is 2.27. The Labute approximate surface area is 101 Å². The maximum Gasteiger partial charge on any atom is 0.138 e. The summed E-state index contributed by atoms with van der Waals surface area (Å²) in [6.45, 7) is 6.53. The molecule has 16 heavy (non-hydrogen) atoms. The second-order valence-electron chi connectivity index (χ2n) is 4.15. The van der Waals surface area contributed by atoms with Crippen molar-refractivity contribution in [3.05, 3.63) is 17.0 Å². The fourth-order valence-electron chi connectivity index (χ4n) is 1.43. The van der Waals surface area contributed by atoms with Crippen LogP contribution >= 0.6 is 11.6 Å². The van der Waals surface area contributed by atoms with Crippen LogP contribution in [-0.4, -0.2) is 27.7 Å². The van der Waals surface area contributed by atoms with Crippen LogP contribution in [-0.2, 0) is 0 Å². The lowest BCUT2D eigenvalue weighted by atomic mass is 10.1. The van der Waals surface area contributed by atoms with Gasteiger partial charge in [0.2, 0.25) is 0 Å². The van der Waals surface area contributed by atoms with Crippen LogP contribution in [0.3, 0.4) is 0 Å². The van der Waals surface area contributed by atoms with Gasteiger partial charge in [0.15, 0.2) is 0 Å². The van der Waals surface area contributed by atoms with E-state index in [9.17, 15) is 0 Å². The minimum atomic E-state index is -0.313. The van der Waals surface area contributed by atoms with Crippen LogP contribution in [0.15, 0.2) is 6.33 Å². The van der Waals surface area contributed by atoms with E-state index in [1.807, 2.05) is 13.8 Å². The van der Waals surface area contributed by atoms with Crippen LogP contribution in [0.2, 0.25) is 5.15 Å². The first-order chi connectivity index (χ1) is 7.52. The summed E-state index contributed by atoms with van der Waals surface area (Å²) < 4.78 is 0. The molecule has 0 saturated heterocycles. The summed E-state index contributed by atoms with van der Waals surface area (Å²) >= 11 is 6.03. The molecule has 4 nitrogen and oxygen atoms in total. The predicted octanol–water partition coefficient (Wildman–Crippen LogP) is 2.44. The summed E-state index contributed by atoms with van der Waals surface area (Å²) in [5, 5.41) is 12.8. The van der Waals surface area contributed by atoms with Gasteiger partial charge in [-0.1, -0.05) is 25.4 Å². The number of aliphatic hydroxyl groups excluding tert-OH is 1. The molecule has 0 aliphatic carbocycles. The maximum atomic E-state index is 9.16. The van der Waals surface area contributed by atoms with Crippen LogP contribution in [0.5, 0.6) is 0 Å². The smallest absolute Gasteiger partial charge is 0.138 e. The number of halogens is 1. The Bertz CT molecular complexity index is 342. The number of aromatic nitrogens is 2. The van der Waals surface area contributed by atoms with Gasteiger partial charge in [-0.3, -0.25) is 0 Å². The van der Waals surface area contributed by atoms with Crippen molar-refractivity contribution in [3.63, 3.8) is 0 Å². The Hall–Kier alpha value is -0.870.